The van der Waals surface area contributed by atoms with Gasteiger partial charge in [0.05, 0.1) is 0 Å². The first-order chi connectivity index (χ1) is 31.0. The van der Waals surface area contributed by atoms with Gasteiger partial charge in [-0.15, -0.1) is 0 Å². The molecule has 0 aliphatic rings. The van der Waals surface area contributed by atoms with Gasteiger partial charge in [0.2, 0.25) is 5.83 Å². The second kappa shape index (κ2) is 16.9. The normalized spacial score (nSPS) is 17.6. The van der Waals surface area contributed by atoms with E-state index in [0.29, 0.717) is 0 Å². The lowest BCUT2D eigenvalue weighted by Crippen LogP contribution is -2.81. The van der Waals surface area contributed by atoms with Crippen molar-refractivity contribution in [1.82, 2.24) is 0 Å². The summed E-state index contributed by atoms with van der Waals surface area (Å²) in [6, 6.07) is 0. The maximum Gasteiger partial charge on any atom is 0.460 e. The topological polar surface area (TPSA) is 0 Å². The molecule has 0 bridgehead atoms. The van der Waals surface area contributed by atoms with E-state index in [-0.39, 0.29) is 0 Å². The van der Waals surface area contributed by atoms with Gasteiger partial charge in [-0.3, -0.25) is 0 Å². The van der Waals surface area contributed by atoms with Crippen LogP contribution in [0.2, 0.25) is 0 Å². The standard InChI is InChI=1S/C25HF49/c26-1-2(27)3(28,29)4(30,31)5(32,33)6(34,35)7(36,37)8(38,39)9(40,41)10(42,43)11(44,45)12(46,47)13(48,49)14(50,51)15(52,53)16(54,55)17(56,57)18(58,59)19(60,61)20(62,63)21(64,65)22(66,67)23(68,69)24(70,71)25(72,73)74/h1H. The Morgan fingerprint density at radius 2 is 0.257 bits per heavy atom. The number of alkyl halides is 47. The molecule has 0 aromatic carbocycles. The van der Waals surface area contributed by atoms with Gasteiger partial charge in [0.1, 0.15) is 6.33 Å². The average Bonchev–Trinajstić information content (AvgIpc) is 3.18. The van der Waals surface area contributed by atoms with Crippen LogP contribution in [0.1, 0.15) is 0 Å². The maximum atomic E-state index is 14.1. The number of allylic oxidation sites excluding steroid dienone is 1. The lowest BCUT2D eigenvalue weighted by molar-refractivity contribution is -0.497. The summed E-state index contributed by atoms with van der Waals surface area (Å²) in [6.07, 6.45) is -11.4. The van der Waals surface area contributed by atoms with Crippen molar-refractivity contribution < 1.29 is 215 Å². The number of hydrogen-bond acceptors (Lipinski definition) is 0. The van der Waals surface area contributed by atoms with Gasteiger partial charge in [-0.2, -0.15) is 206 Å². The molecule has 444 valence electrons. The number of halogens is 49. The third kappa shape index (κ3) is 7.56. The fourth-order valence-electron chi connectivity index (χ4n) is 4.34. The van der Waals surface area contributed by atoms with E-state index >= 15 is 0 Å². The minimum atomic E-state index is -10.9. The number of rotatable bonds is 22. The summed E-state index contributed by atoms with van der Waals surface area (Å²) in [5.41, 5.74) is 0. The number of hydrogen-bond donors (Lipinski definition) is 0. The first kappa shape index (κ1) is 70.3. The highest BCUT2D eigenvalue weighted by molar-refractivity contribution is 5.25. The Balaban J connectivity index is 8.18. The Hall–Kier alpha value is -3.69. The second-order valence-electron chi connectivity index (χ2n) is 13.6. The largest absolute Gasteiger partial charge is 0.460 e. The van der Waals surface area contributed by atoms with Crippen molar-refractivity contribution in [2.75, 3.05) is 0 Å². The monoisotopic (exact) mass is 1230 g/mol. The highest BCUT2D eigenvalue weighted by atomic mass is 19.4. The molecular formula is C25HF49. The summed E-state index contributed by atoms with van der Waals surface area (Å²) in [7, 11) is 0. The SMILES string of the molecule is FC=C(F)C(F)(F)C(F)(F)C(F)(F)C(F)(F)C(F)(F)C(F)(F)C(F)(F)C(F)(F)C(F)(F)C(F)(F)C(F)(F)C(F)(F)C(F)(F)C(F)(F)C(F)(F)C(F)(F)C(F)(F)C(F)(F)C(F)(F)C(F)(F)C(F)(F)C(F)(F)C(F)(F)F. The summed E-state index contributed by atoms with van der Waals surface area (Å²) in [6.45, 7) is 0. The van der Waals surface area contributed by atoms with Gasteiger partial charge in [-0.1, -0.05) is 0 Å². The van der Waals surface area contributed by atoms with Crippen LogP contribution >= 0.6 is 0 Å². The van der Waals surface area contributed by atoms with Crippen LogP contribution in [0.4, 0.5) is 215 Å². The van der Waals surface area contributed by atoms with Crippen molar-refractivity contribution in [3.05, 3.63) is 12.2 Å². The Labute approximate surface area is 365 Å². The highest BCUT2D eigenvalue weighted by Crippen LogP contribution is 2.72. The van der Waals surface area contributed by atoms with Crippen molar-refractivity contribution in [1.29, 1.82) is 0 Å². The molecule has 0 aliphatic heterocycles. The molecule has 0 N–H and O–H groups in total. The van der Waals surface area contributed by atoms with E-state index in [1.165, 1.54) is 0 Å². The van der Waals surface area contributed by atoms with Gasteiger partial charge in [0.15, 0.2) is 0 Å². The molecule has 0 saturated carbocycles. The minimum absolute atomic E-state index is 2.78. The van der Waals surface area contributed by atoms with Crippen molar-refractivity contribution in [3.63, 3.8) is 0 Å². The van der Waals surface area contributed by atoms with E-state index < -0.39 is 149 Å². The van der Waals surface area contributed by atoms with Crippen LogP contribution < -0.4 is 0 Å². The van der Waals surface area contributed by atoms with Crippen LogP contribution in [0.5, 0.6) is 0 Å². The molecule has 0 amide bonds. The van der Waals surface area contributed by atoms with Crippen LogP contribution in [-0.2, 0) is 0 Å². The zero-order valence-corrected chi connectivity index (χ0v) is 31.1. The first-order valence-electron chi connectivity index (χ1n) is 15.3. The zero-order chi connectivity index (χ0) is 61.8. The molecule has 0 radical (unpaired) electrons. The van der Waals surface area contributed by atoms with Gasteiger partial charge in [-0.25, -0.2) is 8.78 Å². The molecule has 0 nitrogen and oxygen atoms in total. The van der Waals surface area contributed by atoms with E-state index in [9.17, 15) is 215 Å². The Bertz CT molecular complexity index is 2060. The van der Waals surface area contributed by atoms with E-state index in [1.54, 1.807) is 0 Å². The molecule has 0 aliphatic carbocycles. The fourth-order valence-corrected chi connectivity index (χ4v) is 4.34. The molecule has 0 saturated heterocycles. The van der Waals surface area contributed by atoms with Gasteiger partial charge < -0.3 is 0 Å². The molecule has 0 fully saturated rings. The molecule has 0 unspecified atom stereocenters. The molecule has 0 atom stereocenters. The van der Waals surface area contributed by atoms with Crippen LogP contribution in [-0.4, -0.2) is 136 Å². The fraction of sp³-hybridized carbons (Fsp3) is 0.920. The van der Waals surface area contributed by atoms with Crippen LogP contribution in [0.3, 0.4) is 0 Å². The molecule has 74 heavy (non-hydrogen) atoms. The molecule has 0 aromatic heterocycles. The van der Waals surface area contributed by atoms with E-state index in [1.807, 2.05) is 0 Å². The van der Waals surface area contributed by atoms with E-state index in [0.717, 1.165) is 0 Å². The summed E-state index contributed by atoms with van der Waals surface area (Å²) in [5.74, 6) is -231. The van der Waals surface area contributed by atoms with Crippen molar-refractivity contribution in [2.45, 2.75) is 136 Å². The molecule has 0 rings (SSSR count). The summed E-state index contributed by atoms with van der Waals surface area (Å²) < 4.78 is 667. The lowest BCUT2D eigenvalue weighted by Gasteiger charge is -2.47. The second-order valence-corrected chi connectivity index (χ2v) is 13.6. The van der Waals surface area contributed by atoms with E-state index in [2.05, 4.69) is 0 Å². The van der Waals surface area contributed by atoms with Gasteiger partial charge in [-0.05, 0) is 0 Å². The third-order valence-electron chi connectivity index (χ3n) is 9.03. The predicted octanol–water partition coefficient (Wildman–Crippen LogP) is 16.3. The van der Waals surface area contributed by atoms with Crippen molar-refractivity contribution in [3.8, 4) is 0 Å². The highest BCUT2D eigenvalue weighted by Gasteiger charge is 3.04. The molecular weight excluding hydrogens is 1230 g/mol. The van der Waals surface area contributed by atoms with Crippen LogP contribution in [0.25, 0.3) is 0 Å². The smallest absolute Gasteiger partial charge is 0.212 e. The zero-order valence-electron chi connectivity index (χ0n) is 31.1. The Kier molecular flexibility index (Phi) is 16.1. The van der Waals surface area contributed by atoms with Crippen molar-refractivity contribution in [2.24, 2.45) is 0 Å². The van der Waals surface area contributed by atoms with Crippen molar-refractivity contribution >= 4 is 0 Å². The van der Waals surface area contributed by atoms with Gasteiger partial charge in [0, 0.05) is 0 Å². The van der Waals surface area contributed by atoms with Crippen LogP contribution in [0, 0.1) is 0 Å². The summed E-state index contributed by atoms with van der Waals surface area (Å²) in [5, 5.41) is 0. The molecule has 0 aromatic rings. The quantitative estimate of drug-likeness (QED) is 0.0948. The minimum Gasteiger partial charge on any atom is -0.212 e. The van der Waals surface area contributed by atoms with Gasteiger partial charge >= 0.3 is 136 Å². The molecule has 49 heteroatoms. The Morgan fingerprint density at radius 1 is 0.162 bits per heavy atom. The molecule has 0 heterocycles. The molecule has 0 spiro atoms. The maximum absolute atomic E-state index is 14.1. The van der Waals surface area contributed by atoms with E-state index in [4.69, 9.17) is 0 Å². The summed E-state index contributed by atoms with van der Waals surface area (Å²) in [4.78, 5) is 0. The lowest BCUT2D eigenvalue weighted by atomic mass is 9.81. The summed E-state index contributed by atoms with van der Waals surface area (Å²) >= 11 is 0. The van der Waals surface area contributed by atoms with Gasteiger partial charge in [0.25, 0.3) is 0 Å². The van der Waals surface area contributed by atoms with Crippen LogP contribution in [0.15, 0.2) is 12.2 Å². The third-order valence-corrected chi connectivity index (χ3v) is 9.03. The Morgan fingerprint density at radius 3 is 0.351 bits per heavy atom. The first-order valence-corrected chi connectivity index (χ1v) is 15.3. The predicted molar refractivity (Wildman–Crippen MR) is 125 cm³/mol. The average molecular weight is 1230 g/mol.